The van der Waals surface area contributed by atoms with Gasteiger partial charge in [0.2, 0.25) is 0 Å². The van der Waals surface area contributed by atoms with E-state index < -0.39 is 0 Å². The first-order valence-corrected chi connectivity index (χ1v) is 7.48. The van der Waals surface area contributed by atoms with Crippen molar-refractivity contribution in [2.24, 2.45) is 5.73 Å². The summed E-state index contributed by atoms with van der Waals surface area (Å²) < 4.78 is 1.54. The number of pyridine rings is 1. The number of hydrogen-bond acceptors (Lipinski definition) is 3. The van der Waals surface area contributed by atoms with Crippen LogP contribution in [0, 0.1) is 6.92 Å². The summed E-state index contributed by atoms with van der Waals surface area (Å²) in [6, 6.07) is 10.6. The van der Waals surface area contributed by atoms with E-state index in [1.165, 1.54) is 5.56 Å². The molecule has 23 heavy (non-hydrogen) atoms. The summed E-state index contributed by atoms with van der Waals surface area (Å²) >= 11 is 0. The van der Waals surface area contributed by atoms with Crippen LogP contribution in [0.2, 0.25) is 0 Å². The zero-order valence-electron chi connectivity index (χ0n) is 12.7. The Balaban J connectivity index is 2.21. The van der Waals surface area contributed by atoms with Gasteiger partial charge in [0.1, 0.15) is 0 Å². The molecule has 4 rings (SSSR count). The number of benzene rings is 2. The van der Waals surface area contributed by atoms with E-state index in [1.54, 1.807) is 10.6 Å². The van der Waals surface area contributed by atoms with Gasteiger partial charge in [0.25, 0.3) is 0 Å². The molecule has 0 aliphatic carbocycles. The Kier molecular flexibility index (Phi) is 3.02. The first kappa shape index (κ1) is 13.7. The molecular weight excluding hydrogens is 288 g/mol. The molecular formula is C18H16N4O. The van der Waals surface area contributed by atoms with Gasteiger partial charge in [0.15, 0.2) is 5.65 Å². The van der Waals surface area contributed by atoms with Crippen LogP contribution >= 0.6 is 0 Å². The van der Waals surface area contributed by atoms with Gasteiger partial charge in [0.05, 0.1) is 0 Å². The average Bonchev–Trinajstić information content (AvgIpc) is 2.92. The number of aromatic nitrogens is 3. The van der Waals surface area contributed by atoms with E-state index in [0.29, 0.717) is 12.2 Å². The number of nitrogens with zero attached hydrogens (tertiary/aromatic N) is 2. The number of rotatable bonds is 2. The molecule has 2 aromatic carbocycles. The second-order valence-electron chi connectivity index (χ2n) is 5.69. The molecule has 0 spiro atoms. The molecule has 3 N–H and O–H groups in total. The first-order chi connectivity index (χ1) is 11.2. The highest BCUT2D eigenvalue weighted by Gasteiger charge is 2.10. The number of nitrogens with two attached hydrogens (primary N) is 1. The van der Waals surface area contributed by atoms with E-state index in [1.807, 2.05) is 12.2 Å². The van der Waals surface area contributed by atoms with E-state index in [-0.39, 0.29) is 5.69 Å². The second kappa shape index (κ2) is 5.07. The Hall–Kier alpha value is -2.92. The summed E-state index contributed by atoms with van der Waals surface area (Å²) in [5.74, 6) is 0. The van der Waals surface area contributed by atoms with Crippen LogP contribution in [0.3, 0.4) is 0 Å². The maximum absolute atomic E-state index is 12.0. The molecule has 0 saturated heterocycles. The van der Waals surface area contributed by atoms with Crippen LogP contribution in [0.5, 0.6) is 0 Å². The van der Waals surface area contributed by atoms with Gasteiger partial charge in [-0.15, -0.1) is 0 Å². The predicted molar refractivity (Wildman–Crippen MR) is 93.7 cm³/mol. The standard InChI is InChI=1S/C18H16N4O/c1-11-4-5-12-8-15-13(3-2-6-19)10-22-17(20-21-18(22)23)16(15)9-14(12)7-11/h2-5,7-10H,6,19H2,1H3,(H,21,23)/b3-2-. The molecule has 0 bridgehead atoms. The Labute approximate surface area is 132 Å². The van der Waals surface area contributed by atoms with Crippen molar-refractivity contribution in [1.82, 2.24) is 14.6 Å². The van der Waals surface area contributed by atoms with Crippen molar-refractivity contribution >= 4 is 33.3 Å². The zero-order valence-corrected chi connectivity index (χ0v) is 12.7. The zero-order chi connectivity index (χ0) is 16.0. The van der Waals surface area contributed by atoms with Crippen LogP contribution in [0.15, 0.2) is 47.4 Å². The smallest absolute Gasteiger partial charge is 0.327 e. The minimum atomic E-state index is -0.242. The second-order valence-corrected chi connectivity index (χ2v) is 5.69. The number of H-pyrrole nitrogens is 1. The van der Waals surface area contributed by atoms with Crippen LogP contribution in [-0.4, -0.2) is 21.1 Å². The summed E-state index contributed by atoms with van der Waals surface area (Å²) in [4.78, 5) is 12.0. The fourth-order valence-corrected chi connectivity index (χ4v) is 2.99. The van der Waals surface area contributed by atoms with Gasteiger partial charge in [0, 0.05) is 18.1 Å². The molecule has 0 fully saturated rings. The molecule has 0 saturated carbocycles. The number of fused-ring (bicyclic) bond motifs is 4. The van der Waals surface area contributed by atoms with Crippen LogP contribution < -0.4 is 11.4 Å². The summed E-state index contributed by atoms with van der Waals surface area (Å²) in [6.45, 7) is 2.52. The highest BCUT2D eigenvalue weighted by molar-refractivity contribution is 6.07. The van der Waals surface area contributed by atoms with E-state index in [9.17, 15) is 4.79 Å². The molecule has 4 aromatic rings. The van der Waals surface area contributed by atoms with E-state index in [0.717, 1.165) is 27.1 Å². The Morgan fingerprint density at radius 2 is 2.04 bits per heavy atom. The lowest BCUT2D eigenvalue weighted by atomic mass is 10.00. The van der Waals surface area contributed by atoms with E-state index in [2.05, 4.69) is 47.5 Å². The summed E-state index contributed by atoms with van der Waals surface area (Å²) in [6.07, 6.45) is 5.63. The van der Waals surface area contributed by atoms with E-state index in [4.69, 9.17) is 5.73 Å². The molecule has 0 aliphatic rings. The third-order valence-electron chi connectivity index (χ3n) is 4.09. The van der Waals surface area contributed by atoms with Gasteiger partial charge in [-0.1, -0.05) is 35.9 Å². The quantitative estimate of drug-likeness (QED) is 0.559. The average molecular weight is 304 g/mol. The van der Waals surface area contributed by atoms with Crippen molar-refractivity contribution in [2.45, 2.75) is 6.92 Å². The lowest BCUT2D eigenvalue weighted by Gasteiger charge is -2.08. The maximum atomic E-state index is 12.0. The minimum Gasteiger partial charge on any atom is -0.327 e. The fraction of sp³-hybridized carbons (Fsp3) is 0.111. The molecule has 0 amide bonds. The Morgan fingerprint density at radius 1 is 1.22 bits per heavy atom. The summed E-state index contributed by atoms with van der Waals surface area (Å²) in [5, 5.41) is 11.0. The summed E-state index contributed by atoms with van der Waals surface area (Å²) in [7, 11) is 0. The third kappa shape index (κ3) is 2.13. The molecule has 0 unspecified atom stereocenters. The third-order valence-corrected chi connectivity index (χ3v) is 4.09. The van der Waals surface area contributed by atoms with Gasteiger partial charge in [-0.2, -0.15) is 5.10 Å². The van der Waals surface area contributed by atoms with Crippen LogP contribution in [0.25, 0.3) is 33.3 Å². The molecule has 2 aromatic heterocycles. The van der Waals surface area contributed by atoms with Crippen LogP contribution in [0.4, 0.5) is 0 Å². The Morgan fingerprint density at radius 3 is 2.87 bits per heavy atom. The van der Waals surface area contributed by atoms with Gasteiger partial charge in [-0.25, -0.2) is 14.3 Å². The van der Waals surface area contributed by atoms with Crippen LogP contribution in [-0.2, 0) is 0 Å². The number of aryl methyl sites for hydroxylation is 1. The fourth-order valence-electron chi connectivity index (χ4n) is 2.99. The Bertz CT molecular complexity index is 1130. The highest BCUT2D eigenvalue weighted by atomic mass is 16.1. The molecule has 5 nitrogen and oxygen atoms in total. The van der Waals surface area contributed by atoms with Crippen molar-refractivity contribution in [2.75, 3.05) is 6.54 Å². The lowest BCUT2D eigenvalue weighted by Crippen LogP contribution is -2.09. The van der Waals surface area contributed by atoms with Crippen molar-refractivity contribution in [3.63, 3.8) is 0 Å². The molecule has 0 aliphatic heterocycles. The number of hydrogen-bond donors (Lipinski definition) is 2. The van der Waals surface area contributed by atoms with Crippen molar-refractivity contribution in [3.05, 3.63) is 64.2 Å². The monoisotopic (exact) mass is 304 g/mol. The number of nitrogens with one attached hydrogen (secondary N) is 1. The minimum absolute atomic E-state index is 0.242. The summed E-state index contributed by atoms with van der Waals surface area (Å²) in [5.41, 5.74) is 8.12. The molecule has 0 radical (unpaired) electrons. The van der Waals surface area contributed by atoms with Gasteiger partial charge in [-0.05, 0) is 40.8 Å². The molecule has 5 heteroatoms. The van der Waals surface area contributed by atoms with Crippen LogP contribution in [0.1, 0.15) is 11.1 Å². The van der Waals surface area contributed by atoms with Gasteiger partial charge < -0.3 is 5.73 Å². The highest BCUT2D eigenvalue weighted by Crippen LogP contribution is 2.28. The maximum Gasteiger partial charge on any atom is 0.347 e. The van der Waals surface area contributed by atoms with Crippen molar-refractivity contribution in [3.8, 4) is 0 Å². The van der Waals surface area contributed by atoms with E-state index >= 15 is 0 Å². The normalized spacial score (nSPS) is 12.1. The number of aromatic amines is 1. The molecule has 0 atom stereocenters. The SMILES string of the molecule is Cc1ccc2cc3c(/C=C\CN)cn4c(=O)[nH]nc4c3cc2c1. The molecule has 2 heterocycles. The topological polar surface area (TPSA) is 76.2 Å². The van der Waals surface area contributed by atoms with Gasteiger partial charge >= 0.3 is 5.69 Å². The van der Waals surface area contributed by atoms with Gasteiger partial charge in [-0.3, -0.25) is 0 Å². The van der Waals surface area contributed by atoms with Crippen molar-refractivity contribution < 1.29 is 0 Å². The largest absolute Gasteiger partial charge is 0.347 e. The van der Waals surface area contributed by atoms with Crippen molar-refractivity contribution in [1.29, 1.82) is 0 Å². The lowest BCUT2D eigenvalue weighted by molar-refractivity contribution is 1.02. The molecule has 114 valence electrons. The first-order valence-electron chi connectivity index (χ1n) is 7.48. The predicted octanol–water partition coefficient (Wildman–Crippen LogP) is 2.61.